The van der Waals surface area contributed by atoms with Crippen molar-refractivity contribution in [1.29, 1.82) is 0 Å². The molecule has 0 amide bonds. The number of benzene rings is 3. The van der Waals surface area contributed by atoms with Gasteiger partial charge in [0.2, 0.25) is 11.1 Å². The normalized spacial score (nSPS) is 17.8. The second-order valence-corrected chi connectivity index (χ2v) is 9.71. The summed E-state index contributed by atoms with van der Waals surface area (Å²) in [5.74, 6) is 1.95. The molecule has 10 heteroatoms. The Morgan fingerprint density at radius 3 is 2.62 bits per heavy atom. The van der Waals surface area contributed by atoms with E-state index in [1.54, 1.807) is 37.1 Å². The summed E-state index contributed by atoms with van der Waals surface area (Å²) in [6, 6.07) is 17.1. The van der Waals surface area contributed by atoms with Gasteiger partial charge >= 0.3 is 0 Å². The number of fused-ring (bicyclic) bond motifs is 3. The molecule has 2 aliphatic rings. The summed E-state index contributed by atoms with van der Waals surface area (Å²) in [5, 5.41) is 9.27. The van der Waals surface area contributed by atoms with Crippen LogP contribution in [-0.2, 0) is 0 Å². The first-order valence-corrected chi connectivity index (χ1v) is 13.1. The van der Waals surface area contributed by atoms with Gasteiger partial charge < -0.3 is 19.5 Å². The first kappa shape index (κ1) is 23.7. The molecule has 0 saturated carbocycles. The van der Waals surface area contributed by atoms with Gasteiger partial charge in [-0.3, -0.25) is 0 Å². The van der Waals surface area contributed by atoms with E-state index in [-0.39, 0.29) is 5.82 Å². The molecule has 2 aliphatic heterocycles. The maximum absolute atomic E-state index is 15.4. The summed E-state index contributed by atoms with van der Waals surface area (Å²) in [4.78, 5) is 4.65. The molecule has 0 aliphatic carbocycles. The average Bonchev–Trinajstić information content (AvgIpc) is 3.34. The van der Waals surface area contributed by atoms with Crippen LogP contribution in [0.25, 0.3) is 5.70 Å². The predicted octanol–water partition coefficient (Wildman–Crippen LogP) is 6.37. The van der Waals surface area contributed by atoms with Crippen molar-refractivity contribution < 1.29 is 18.6 Å². The Hall–Kier alpha value is -3.69. The zero-order valence-electron chi connectivity index (χ0n) is 20.2. The third-order valence-corrected chi connectivity index (χ3v) is 7.28. The number of hydrogen-bond acceptors (Lipinski definition) is 7. The minimum Gasteiger partial charge on any atom is -0.493 e. The molecular weight excluding hydrogens is 515 g/mol. The lowest BCUT2D eigenvalue weighted by molar-refractivity contribution is 0.221. The molecule has 0 saturated heterocycles. The van der Waals surface area contributed by atoms with Gasteiger partial charge in [-0.1, -0.05) is 47.6 Å². The van der Waals surface area contributed by atoms with Gasteiger partial charge in [0.1, 0.15) is 23.7 Å². The predicted molar refractivity (Wildman–Crippen MR) is 141 cm³/mol. The van der Waals surface area contributed by atoms with Crippen molar-refractivity contribution in [1.82, 2.24) is 14.8 Å². The molecule has 6 rings (SSSR count). The third-order valence-electron chi connectivity index (χ3n) is 6.51. The van der Waals surface area contributed by atoms with Crippen LogP contribution in [0, 0.1) is 5.82 Å². The van der Waals surface area contributed by atoms with Gasteiger partial charge in [0.05, 0.1) is 19.9 Å². The van der Waals surface area contributed by atoms with Crippen LogP contribution in [0.2, 0.25) is 5.02 Å². The smallest absolute Gasteiger partial charge is 0.227 e. The zero-order chi connectivity index (χ0) is 25.7. The van der Waals surface area contributed by atoms with E-state index in [1.165, 1.54) is 17.8 Å². The van der Waals surface area contributed by atoms with Crippen LogP contribution in [0.3, 0.4) is 0 Å². The van der Waals surface area contributed by atoms with Crippen LogP contribution >= 0.6 is 23.4 Å². The molecule has 0 radical (unpaired) electrons. The fourth-order valence-corrected chi connectivity index (χ4v) is 5.38. The van der Waals surface area contributed by atoms with Crippen LogP contribution < -0.4 is 19.5 Å². The second-order valence-electron chi connectivity index (χ2n) is 8.50. The lowest BCUT2D eigenvalue weighted by atomic mass is 9.84. The van der Waals surface area contributed by atoms with E-state index in [2.05, 4.69) is 10.3 Å². The van der Waals surface area contributed by atoms with E-state index in [1.807, 2.05) is 42.7 Å². The lowest BCUT2D eigenvalue weighted by Gasteiger charge is -2.39. The molecule has 37 heavy (non-hydrogen) atoms. The number of hydrogen-bond donors (Lipinski definition) is 1. The molecule has 3 heterocycles. The molecule has 0 unspecified atom stereocenters. The summed E-state index contributed by atoms with van der Waals surface area (Å²) in [5.41, 5.74) is 3.56. The van der Waals surface area contributed by atoms with Gasteiger partial charge in [-0.05, 0) is 42.7 Å². The van der Waals surface area contributed by atoms with Crippen LogP contribution in [0.5, 0.6) is 17.2 Å². The SMILES string of the molecule is COc1ccc([C@@H]2Oc3ccc(Cl)cc3C3=C2[C@@H](c2ccccc2F)n2nc(SC)nc2N3)cc1OC. The Labute approximate surface area is 222 Å². The highest BCUT2D eigenvalue weighted by molar-refractivity contribution is 7.98. The van der Waals surface area contributed by atoms with Crippen LogP contribution in [0.15, 0.2) is 71.4 Å². The van der Waals surface area contributed by atoms with Crippen molar-refractivity contribution in [2.45, 2.75) is 17.3 Å². The number of halogens is 2. The maximum atomic E-state index is 15.4. The monoisotopic (exact) mass is 536 g/mol. The van der Waals surface area contributed by atoms with Gasteiger partial charge in [0, 0.05) is 27.3 Å². The Kier molecular flexibility index (Phi) is 5.97. The van der Waals surface area contributed by atoms with Gasteiger partial charge in [0.15, 0.2) is 11.5 Å². The summed E-state index contributed by atoms with van der Waals surface area (Å²) < 4.78 is 34.8. The molecular formula is C27H22ClFN4O3S. The van der Waals surface area contributed by atoms with E-state index in [0.717, 1.165) is 22.4 Å². The van der Waals surface area contributed by atoms with E-state index < -0.39 is 12.1 Å². The largest absolute Gasteiger partial charge is 0.493 e. The zero-order valence-corrected chi connectivity index (χ0v) is 21.7. The molecule has 188 valence electrons. The molecule has 3 aromatic carbocycles. The number of nitrogens with zero attached hydrogens (tertiary/aromatic N) is 3. The fraction of sp³-hybridized carbons (Fsp3) is 0.185. The Bertz CT molecular complexity index is 1560. The Morgan fingerprint density at radius 2 is 1.86 bits per heavy atom. The molecule has 1 N–H and O–H groups in total. The number of methoxy groups -OCH3 is 2. The number of thioether (sulfide) groups is 1. The number of nitrogens with one attached hydrogen (secondary N) is 1. The lowest BCUT2D eigenvalue weighted by Crippen LogP contribution is -2.32. The summed E-state index contributed by atoms with van der Waals surface area (Å²) >= 11 is 7.82. The standard InChI is InChI=1S/C27H22ClFN4O3S/c1-34-20-10-8-14(12-21(20)35-2)25-22-23(17-13-15(28)9-11-19(17)36-25)30-26-31-27(37-3)32-33(26)24(22)16-6-4-5-7-18(16)29/h4-13,24-25H,1-3H3,(H,30,31,32)/t24-,25+/m1/s1. The van der Waals surface area contributed by atoms with Gasteiger partial charge in [0.25, 0.3) is 0 Å². The van der Waals surface area contributed by atoms with Crippen molar-refractivity contribution >= 4 is 35.0 Å². The molecule has 1 aromatic heterocycles. The third kappa shape index (κ3) is 3.89. The first-order valence-electron chi connectivity index (χ1n) is 11.5. The molecule has 0 fully saturated rings. The highest BCUT2D eigenvalue weighted by Crippen LogP contribution is 2.52. The second kappa shape index (κ2) is 9.32. The highest BCUT2D eigenvalue weighted by atomic mass is 35.5. The first-order chi connectivity index (χ1) is 18.0. The quantitative estimate of drug-likeness (QED) is 0.297. The van der Waals surface area contributed by atoms with Crippen molar-refractivity contribution in [3.63, 3.8) is 0 Å². The minimum atomic E-state index is -0.633. The van der Waals surface area contributed by atoms with E-state index >= 15 is 4.39 Å². The van der Waals surface area contributed by atoms with Crippen molar-refractivity contribution in [2.24, 2.45) is 0 Å². The maximum Gasteiger partial charge on any atom is 0.227 e. The molecule has 0 spiro atoms. The summed E-state index contributed by atoms with van der Waals surface area (Å²) in [6.45, 7) is 0. The highest BCUT2D eigenvalue weighted by Gasteiger charge is 2.42. The Balaban J connectivity index is 1.64. The Morgan fingerprint density at radius 1 is 1.05 bits per heavy atom. The van der Waals surface area contributed by atoms with E-state index in [0.29, 0.717) is 38.9 Å². The average molecular weight is 537 g/mol. The number of aromatic nitrogens is 3. The molecule has 2 atom stereocenters. The van der Waals surface area contributed by atoms with E-state index in [4.69, 9.17) is 30.9 Å². The topological polar surface area (TPSA) is 70.4 Å². The van der Waals surface area contributed by atoms with Crippen molar-refractivity contribution in [3.8, 4) is 17.2 Å². The van der Waals surface area contributed by atoms with Gasteiger partial charge in [-0.25, -0.2) is 9.07 Å². The molecule has 0 bridgehead atoms. The van der Waals surface area contributed by atoms with E-state index in [9.17, 15) is 0 Å². The summed E-state index contributed by atoms with van der Waals surface area (Å²) in [6.07, 6.45) is 1.30. The number of ether oxygens (including phenoxy) is 3. The van der Waals surface area contributed by atoms with Crippen LogP contribution in [-0.4, -0.2) is 35.2 Å². The van der Waals surface area contributed by atoms with Gasteiger partial charge in [-0.15, -0.1) is 5.10 Å². The minimum absolute atomic E-state index is 0.351. The number of rotatable bonds is 5. The van der Waals surface area contributed by atoms with Gasteiger partial charge in [-0.2, -0.15) is 4.98 Å². The molecule has 4 aromatic rings. The number of anilines is 1. The molecule has 7 nitrogen and oxygen atoms in total. The van der Waals surface area contributed by atoms with Crippen molar-refractivity contribution in [3.05, 3.63) is 93.8 Å². The van der Waals surface area contributed by atoms with Crippen LogP contribution in [0.1, 0.15) is 28.8 Å². The fourth-order valence-electron chi connectivity index (χ4n) is 4.86. The summed E-state index contributed by atoms with van der Waals surface area (Å²) in [7, 11) is 3.17. The van der Waals surface area contributed by atoms with Crippen LogP contribution in [0.4, 0.5) is 10.3 Å². The van der Waals surface area contributed by atoms with Crippen molar-refractivity contribution in [2.75, 3.05) is 25.8 Å².